The lowest BCUT2D eigenvalue weighted by molar-refractivity contribution is 1.62. The summed E-state index contributed by atoms with van der Waals surface area (Å²) in [5.74, 6) is 0. The summed E-state index contributed by atoms with van der Waals surface area (Å²) in [5.41, 5.74) is 5.07. The Labute approximate surface area is 140 Å². The predicted octanol–water partition coefficient (Wildman–Crippen LogP) is 6.75. The van der Waals surface area contributed by atoms with Crippen LogP contribution in [0.2, 0.25) is 0 Å². The minimum atomic E-state index is 1.26. The quantitative estimate of drug-likeness (QED) is 0.392. The molecule has 0 amide bonds. The van der Waals surface area contributed by atoms with E-state index < -0.39 is 0 Å². The van der Waals surface area contributed by atoms with E-state index in [1.807, 2.05) is 11.3 Å². The lowest BCUT2D eigenvalue weighted by Gasteiger charge is -2.03. The lowest BCUT2D eigenvalue weighted by Crippen LogP contribution is -1.77. The van der Waals surface area contributed by atoms with Crippen LogP contribution in [0.3, 0.4) is 0 Å². The van der Waals surface area contributed by atoms with Crippen molar-refractivity contribution in [2.45, 2.75) is 0 Å². The molecule has 0 spiro atoms. The van der Waals surface area contributed by atoms with Gasteiger partial charge in [-0.3, -0.25) is 0 Å². The maximum absolute atomic E-state index is 2.21. The zero-order chi connectivity index (χ0) is 15.5. The summed E-state index contributed by atoms with van der Waals surface area (Å²) in [5, 5.41) is 0. The Morgan fingerprint density at radius 3 is 1.30 bits per heavy atom. The zero-order valence-electron chi connectivity index (χ0n) is 12.6. The van der Waals surface area contributed by atoms with Gasteiger partial charge >= 0.3 is 0 Å². The smallest absolute Gasteiger partial charge is 0.0349 e. The molecule has 0 saturated carbocycles. The molecule has 1 heteroatoms. The molecule has 0 atom stereocenters. The van der Waals surface area contributed by atoms with Gasteiger partial charge in [-0.15, -0.1) is 11.3 Å². The summed E-state index contributed by atoms with van der Waals surface area (Å²) in [6.45, 7) is 0. The third-order valence-corrected chi connectivity index (χ3v) is 5.12. The average molecular weight is 312 g/mol. The second-order valence-corrected chi connectivity index (χ2v) is 6.56. The first-order chi connectivity index (χ1) is 11.4. The highest BCUT2D eigenvalue weighted by atomic mass is 32.1. The first kappa shape index (κ1) is 14.0. The van der Waals surface area contributed by atoms with Crippen LogP contribution < -0.4 is 0 Å². The summed E-state index contributed by atoms with van der Waals surface area (Å²) >= 11 is 1.84. The topological polar surface area (TPSA) is 0 Å². The van der Waals surface area contributed by atoms with E-state index in [1.54, 1.807) is 0 Å². The van der Waals surface area contributed by atoms with E-state index in [1.165, 1.54) is 32.0 Å². The lowest BCUT2D eigenvalue weighted by atomic mass is 10.0. The van der Waals surface area contributed by atoms with E-state index in [9.17, 15) is 0 Å². The fraction of sp³-hybridized carbons (Fsp3) is 0. The van der Waals surface area contributed by atoms with Gasteiger partial charge in [0, 0.05) is 9.75 Å². The van der Waals surface area contributed by atoms with Crippen molar-refractivity contribution < 1.29 is 0 Å². The van der Waals surface area contributed by atoms with Crippen LogP contribution in [0.1, 0.15) is 0 Å². The van der Waals surface area contributed by atoms with Crippen LogP contribution in [-0.4, -0.2) is 0 Å². The molecule has 4 aromatic rings. The molecule has 0 fully saturated rings. The molecule has 110 valence electrons. The summed E-state index contributed by atoms with van der Waals surface area (Å²) in [4.78, 5) is 2.62. The number of hydrogen-bond donors (Lipinski definition) is 0. The molecular formula is C22H16S. The largest absolute Gasteiger partial charge is 0.135 e. The van der Waals surface area contributed by atoms with Crippen molar-refractivity contribution in [3.63, 3.8) is 0 Å². The standard InChI is InChI=1S/C22H16S/c1-3-7-17(8-4-1)18-11-13-20(14-12-18)22-16-15-21(23-22)19-9-5-2-6-10-19/h1-16H. The number of rotatable bonds is 3. The van der Waals surface area contributed by atoms with Gasteiger partial charge in [-0.05, 0) is 34.4 Å². The van der Waals surface area contributed by atoms with Crippen molar-refractivity contribution in [3.8, 4) is 32.0 Å². The molecular weight excluding hydrogens is 296 g/mol. The van der Waals surface area contributed by atoms with Gasteiger partial charge < -0.3 is 0 Å². The number of hydrogen-bond acceptors (Lipinski definition) is 1. The van der Waals surface area contributed by atoms with Gasteiger partial charge in [-0.1, -0.05) is 84.9 Å². The van der Waals surface area contributed by atoms with Crippen LogP contribution in [0.4, 0.5) is 0 Å². The second kappa shape index (κ2) is 6.23. The Morgan fingerprint density at radius 1 is 0.348 bits per heavy atom. The fourth-order valence-corrected chi connectivity index (χ4v) is 3.73. The van der Waals surface area contributed by atoms with Crippen LogP contribution in [0.25, 0.3) is 32.0 Å². The molecule has 1 aromatic heterocycles. The highest BCUT2D eigenvalue weighted by molar-refractivity contribution is 7.18. The molecule has 0 aliphatic heterocycles. The van der Waals surface area contributed by atoms with Crippen molar-refractivity contribution in [1.82, 2.24) is 0 Å². The van der Waals surface area contributed by atoms with Gasteiger partial charge in [-0.25, -0.2) is 0 Å². The molecule has 0 bridgehead atoms. The van der Waals surface area contributed by atoms with E-state index in [4.69, 9.17) is 0 Å². The number of thiophene rings is 1. The van der Waals surface area contributed by atoms with Gasteiger partial charge in [0.05, 0.1) is 0 Å². The molecule has 4 rings (SSSR count). The summed E-state index contributed by atoms with van der Waals surface area (Å²) in [7, 11) is 0. The Bertz CT molecular complexity index is 888. The van der Waals surface area contributed by atoms with E-state index in [0.29, 0.717) is 0 Å². The molecule has 0 aliphatic carbocycles. The SMILES string of the molecule is c1ccc(-c2ccc(-c3ccc(-c4ccccc4)s3)cc2)cc1. The van der Waals surface area contributed by atoms with Gasteiger partial charge in [0.1, 0.15) is 0 Å². The minimum absolute atomic E-state index is 1.26. The van der Waals surface area contributed by atoms with Crippen molar-refractivity contribution in [1.29, 1.82) is 0 Å². The molecule has 0 aliphatic rings. The van der Waals surface area contributed by atoms with Gasteiger partial charge in [0.25, 0.3) is 0 Å². The molecule has 0 saturated heterocycles. The molecule has 0 N–H and O–H groups in total. The summed E-state index contributed by atoms with van der Waals surface area (Å²) in [6.07, 6.45) is 0. The average Bonchev–Trinajstić information content (AvgIpc) is 3.14. The first-order valence-electron chi connectivity index (χ1n) is 7.71. The monoisotopic (exact) mass is 312 g/mol. The number of benzene rings is 3. The van der Waals surface area contributed by atoms with Crippen LogP contribution in [0, 0.1) is 0 Å². The zero-order valence-corrected chi connectivity index (χ0v) is 13.5. The van der Waals surface area contributed by atoms with Crippen molar-refractivity contribution in [2.24, 2.45) is 0 Å². The predicted molar refractivity (Wildman–Crippen MR) is 101 cm³/mol. The van der Waals surface area contributed by atoms with E-state index in [2.05, 4.69) is 97.1 Å². The minimum Gasteiger partial charge on any atom is -0.135 e. The molecule has 23 heavy (non-hydrogen) atoms. The van der Waals surface area contributed by atoms with Crippen molar-refractivity contribution in [3.05, 3.63) is 97.1 Å². The molecule has 1 heterocycles. The summed E-state index contributed by atoms with van der Waals surface area (Å²) in [6, 6.07) is 34.3. The van der Waals surface area contributed by atoms with Crippen molar-refractivity contribution >= 4 is 11.3 Å². The van der Waals surface area contributed by atoms with E-state index in [-0.39, 0.29) is 0 Å². The summed E-state index contributed by atoms with van der Waals surface area (Å²) < 4.78 is 0. The fourth-order valence-electron chi connectivity index (χ4n) is 2.71. The Kier molecular flexibility index (Phi) is 3.79. The molecule has 0 unspecified atom stereocenters. The van der Waals surface area contributed by atoms with Crippen LogP contribution in [-0.2, 0) is 0 Å². The van der Waals surface area contributed by atoms with Crippen LogP contribution in [0.15, 0.2) is 97.1 Å². The highest BCUT2D eigenvalue weighted by Gasteiger charge is 2.05. The maximum atomic E-state index is 2.21. The third kappa shape index (κ3) is 2.96. The van der Waals surface area contributed by atoms with Crippen LogP contribution >= 0.6 is 11.3 Å². The van der Waals surface area contributed by atoms with Gasteiger partial charge in [-0.2, -0.15) is 0 Å². The molecule has 0 nitrogen and oxygen atoms in total. The molecule has 0 radical (unpaired) electrons. The van der Waals surface area contributed by atoms with Crippen LogP contribution in [0.5, 0.6) is 0 Å². The maximum Gasteiger partial charge on any atom is 0.0349 e. The van der Waals surface area contributed by atoms with Crippen molar-refractivity contribution in [2.75, 3.05) is 0 Å². The van der Waals surface area contributed by atoms with E-state index in [0.717, 1.165) is 0 Å². The van der Waals surface area contributed by atoms with E-state index >= 15 is 0 Å². The molecule has 3 aromatic carbocycles. The Morgan fingerprint density at radius 2 is 0.739 bits per heavy atom. The van der Waals surface area contributed by atoms with Gasteiger partial charge in [0.15, 0.2) is 0 Å². The normalized spacial score (nSPS) is 10.6. The third-order valence-electron chi connectivity index (χ3n) is 3.94. The van der Waals surface area contributed by atoms with Gasteiger partial charge in [0.2, 0.25) is 0 Å². The second-order valence-electron chi connectivity index (χ2n) is 5.47. The first-order valence-corrected chi connectivity index (χ1v) is 8.53. The Balaban J connectivity index is 1.63. The Hall–Kier alpha value is -2.64. The highest BCUT2D eigenvalue weighted by Crippen LogP contribution is 2.35.